The normalized spacial score (nSPS) is 10.8. The van der Waals surface area contributed by atoms with Crippen LogP contribution >= 0.6 is 9.24 Å². The molecule has 0 saturated carbocycles. The average Bonchev–Trinajstić information content (AvgIpc) is 2.75. The first-order valence-electron chi connectivity index (χ1n) is 5.27. The number of nitrogens with zero attached hydrogens (tertiary/aromatic N) is 1. The Morgan fingerprint density at radius 1 is 0.812 bits per heavy atom. The van der Waals surface area contributed by atoms with E-state index in [0.29, 0.717) is 0 Å². The predicted octanol–water partition coefficient (Wildman–Crippen LogP) is 3.13. The lowest BCUT2D eigenvalue weighted by Gasteiger charge is -2.09. The van der Waals surface area contributed by atoms with Gasteiger partial charge in [0.15, 0.2) is 0 Å². The Balaban J connectivity index is 2.36. The first kappa shape index (κ1) is 9.62. The van der Waals surface area contributed by atoms with Gasteiger partial charge in [-0.25, -0.2) is 0 Å². The third kappa shape index (κ3) is 1.45. The highest BCUT2D eigenvalue weighted by molar-refractivity contribution is 7.27. The molecule has 0 fully saturated rings. The molecule has 78 valence electrons. The molecule has 0 amide bonds. The van der Waals surface area contributed by atoms with Gasteiger partial charge in [0.25, 0.3) is 0 Å². The molecule has 1 heterocycles. The molecular formula is C14H12NP. The van der Waals surface area contributed by atoms with E-state index in [1.165, 1.54) is 21.9 Å². The lowest BCUT2D eigenvalue weighted by molar-refractivity contribution is 1.14. The number of hydrogen-bond donors (Lipinski definition) is 0. The van der Waals surface area contributed by atoms with Crippen molar-refractivity contribution in [3.8, 4) is 5.69 Å². The maximum atomic E-state index is 2.76. The Hall–Kier alpha value is -1.59. The second-order valence-corrected chi connectivity index (χ2v) is 4.39. The highest BCUT2D eigenvalue weighted by Crippen LogP contribution is 2.21. The smallest absolute Gasteiger partial charge is 0.0533 e. The van der Waals surface area contributed by atoms with E-state index in [1.54, 1.807) is 0 Å². The van der Waals surface area contributed by atoms with Crippen LogP contribution in [0.25, 0.3) is 16.5 Å². The van der Waals surface area contributed by atoms with Crippen LogP contribution in [-0.4, -0.2) is 4.57 Å². The molecule has 0 bridgehead atoms. The summed E-state index contributed by atoms with van der Waals surface area (Å²) in [6, 6.07) is 19.0. The van der Waals surface area contributed by atoms with Gasteiger partial charge in [0, 0.05) is 17.0 Å². The molecule has 2 aromatic carbocycles. The quantitative estimate of drug-likeness (QED) is 0.561. The largest absolute Gasteiger partial charge is 0.317 e. The van der Waals surface area contributed by atoms with Crippen LogP contribution in [0.15, 0.2) is 60.8 Å². The van der Waals surface area contributed by atoms with Crippen molar-refractivity contribution in [2.75, 3.05) is 0 Å². The Morgan fingerprint density at radius 3 is 2.44 bits per heavy atom. The lowest BCUT2D eigenvalue weighted by Crippen LogP contribution is -2.05. The molecule has 0 aliphatic heterocycles. The van der Waals surface area contributed by atoms with E-state index in [4.69, 9.17) is 0 Å². The van der Waals surface area contributed by atoms with Crippen molar-refractivity contribution >= 4 is 25.4 Å². The molecule has 0 N–H and O–H groups in total. The van der Waals surface area contributed by atoms with Crippen LogP contribution in [0.4, 0.5) is 0 Å². The van der Waals surface area contributed by atoms with Crippen LogP contribution in [0.5, 0.6) is 0 Å². The van der Waals surface area contributed by atoms with Gasteiger partial charge in [-0.05, 0) is 23.6 Å². The zero-order valence-corrected chi connectivity index (χ0v) is 9.95. The molecular weight excluding hydrogens is 213 g/mol. The maximum absolute atomic E-state index is 2.76. The van der Waals surface area contributed by atoms with E-state index in [9.17, 15) is 0 Å². The monoisotopic (exact) mass is 225 g/mol. The van der Waals surface area contributed by atoms with Gasteiger partial charge in [-0.15, -0.1) is 0 Å². The van der Waals surface area contributed by atoms with Crippen molar-refractivity contribution in [1.29, 1.82) is 0 Å². The molecule has 3 rings (SSSR count). The van der Waals surface area contributed by atoms with Gasteiger partial charge in [0.05, 0.1) is 5.69 Å². The highest BCUT2D eigenvalue weighted by atomic mass is 31.0. The summed E-state index contributed by atoms with van der Waals surface area (Å²) >= 11 is 0. The molecule has 3 aromatic rings. The zero-order valence-electron chi connectivity index (χ0n) is 8.80. The summed E-state index contributed by atoms with van der Waals surface area (Å²) in [6.07, 6.45) is 2.09. The fourth-order valence-electron chi connectivity index (χ4n) is 2.03. The van der Waals surface area contributed by atoms with Gasteiger partial charge in [-0.2, -0.15) is 0 Å². The van der Waals surface area contributed by atoms with Crippen molar-refractivity contribution in [1.82, 2.24) is 4.57 Å². The van der Waals surface area contributed by atoms with Crippen molar-refractivity contribution < 1.29 is 0 Å². The third-order valence-corrected chi connectivity index (χ3v) is 3.28. The number of fused-ring (bicyclic) bond motifs is 1. The predicted molar refractivity (Wildman–Crippen MR) is 72.6 cm³/mol. The first-order valence-corrected chi connectivity index (χ1v) is 5.85. The highest BCUT2D eigenvalue weighted by Gasteiger charge is 2.03. The molecule has 16 heavy (non-hydrogen) atoms. The Kier molecular flexibility index (Phi) is 2.27. The van der Waals surface area contributed by atoms with Gasteiger partial charge in [0.2, 0.25) is 0 Å². The maximum Gasteiger partial charge on any atom is 0.0533 e. The number of benzene rings is 2. The second kappa shape index (κ2) is 3.77. The summed E-state index contributed by atoms with van der Waals surface area (Å²) in [7, 11) is 2.76. The molecule has 1 atom stereocenters. The van der Waals surface area contributed by atoms with Crippen LogP contribution in [-0.2, 0) is 0 Å². The van der Waals surface area contributed by atoms with Crippen molar-refractivity contribution in [3.05, 3.63) is 60.8 Å². The minimum Gasteiger partial charge on any atom is -0.317 e. The number of aromatic nitrogens is 1. The average molecular weight is 225 g/mol. The topological polar surface area (TPSA) is 4.93 Å². The number of rotatable bonds is 1. The summed E-state index contributed by atoms with van der Waals surface area (Å²) in [5, 5.41) is 2.56. The van der Waals surface area contributed by atoms with E-state index >= 15 is 0 Å². The molecule has 1 unspecified atom stereocenters. The number of hydrogen-bond acceptors (Lipinski definition) is 0. The summed E-state index contributed by atoms with van der Waals surface area (Å²) in [5.41, 5.74) is 2.41. The molecule has 0 spiro atoms. The molecule has 0 aliphatic carbocycles. The molecule has 2 heteroatoms. The minimum atomic E-state index is 1.18. The Bertz CT molecular complexity index is 635. The summed E-state index contributed by atoms with van der Waals surface area (Å²) in [6.45, 7) is 0. The standard InChI is InChI=1S/C14H12NP/c16-14-9-4-10-15(14)13-8-3-6-11-5-1-2-7-12(11)13/h1-10H,16H2. The van der Waals surface area contributed by atoms with E-state index in [1.807, 2.05) is 0 Å². The fourth-order valence-corrected chi connectivity index (χ4v) is 2.37. The van der Waals surface area contributed by atoms with Crippen molar-refractivity contribution in [2.24, 2.45) is 0 Å². The molecule has 0 aliphatic rings. The van der Waals surface area contributed by atoms with Gasteiger partial charge in [-0.1, -0.05) is 45.6 Å². The van der Waals surface area contributed by atoms with Gasteiger partial charge < -0.3 is 4.57 Å². The molecule has 0 saturated heterocycles. The van der Waals surface area contributed by atoms with Crippen molar-refractivity contribution in [3.63, 3.8) is 0 Å². The van der Waals surface area contributed by atoms with E-state index in [2.05, 4.69) is 74.6 Å². The lowest BCUT2D eigenvalue weighted by atomic mass is 10.1. The van der Waals surface area contributed by atoms with Crippen LogP contribution < -0.4 is 5.44 Å². The van der Waals surface area contributed by atoms with Crippen molar-refractivity contribution in [2.45, 2.75) is 0 Å². The zero-order chi connectivity index (χ0) is 11.0. The van der Waals surface area contributed by atoms with Crippen LogP contribution in [0.3, 0.4) is 0 Å². The summed E-state index contributed by atoms with van der Waals surface area (Å²) < 4.78 is 2.19. The fraction of sp³-hybridized carbons (Fsp3) is 0. The summed E-state index contributed by atoms with van der Waals surface area (Å²) in [4.78, 5) is 0. The molecule has 0 radical (unpaired) electrons. The van der Waals surface area contributed by atoms with Gasteiger partial charge >= 0.3 is 0 Å². The van der Waals surface area contributed by atoms with Gasteiger partial charge in [0.1, 0.15) is 0 Å². The minimum absolute atomic E-state index is 1.18. The van der Waals surface area contributed by atoms with Crippen LogP contribution in [0.2, 0.25) is 0 Å². The van der Waals surface area contributed by atoms with E-state index in [-0.39, 0.29) is 0 Å². The van der Waals surface area contributed by atoms with Crippen LogP contribution in [0.1, 0.15) is 0 Å². The van der Waals surface area contributed by atoms with E-state index < -0.39 is 0 Å². The Labute approximate surface area is 96.9 Å². The van der Waals surface area contributed by atoms with E-state index in [0.717, 1.165) is 0 Å². The van der Waals surface area contributed by atoms with Crippen LogP contribution in [0, 0.1) is 0 Å². The SMILES string of the molecule is Pc1cccn1-c1cccc2ccccc12. The van der Waals surface area contributed by atoms with Gasteiger partial charge in [-0.3, -0.25) is 0 Å². The Morgan fingerprint density at radius 2 is 1.62 bits per heavy atom. The second-order valence-electron chi connectivity index (χ2n) is 3.80. The third-order valence-electron chi connectivity index (χ3n) is 2.81. The molecule has 1 aromatic heterocycles. The summed E-state index contributed by atoms with van der Waals surface area (Å²) in [5.74, 6) is 0. The molecule has 1 nitrogen and oxygen atoms in total. The first-order chi connectivity index (χ1) is 7.86.